The Bertz CT molecular complexity index is 788. The standard InChI is InChI=1S/C16H12BrNOS/c1-18-14(11-7-9-13(17)10-8-11)15(20-16(18)19)12-5-3-2-4-6-12/h2-10H,1H3. The summed E-state index contributed by atoms with van der Waals surface area (Å²) < 4.78 is 2.75. The molecule has 0 unspecified atom stereocenters. The maximum atomic E-state index is 12.0. The Morgan fingerprint density at radius 2 is 1.60 bits per heavy atom. The van der Waals surface area contributed by atoms with E-state index in [0.717, 1.165) is 26.2 Å². The molecule has 0 bridgehead atoms. The summed E-state index contributed by atoms with van der Waals surface area (Å²) in [5, 5.41) is 0. The van der Waals surface area contributed by atoms with Crippen molar-refractivity contribution in [2.45, 2.75) is 0 Å². The average molecular weight is 346 g/mol. The summed E-state index contributed by atoms with van der Waals surface area (Å²) >= 11 is 4.73. The van der Waals surface area contributed by atoms with Crippen LogP contribution < -0.4 is 4.87 Å². The Morgan fingerprint density at radius 1 is 0.950 bits per heavy atom. The van der Waals surface area contributed by atoms with Gasteiger partial charge in [0, 0.05) is 11.5 Å². The van der Waals surface area contributed by atoms with E-state index in [2.05, 4.69) is 15.9 Å². The van der Waals surface area contributed by atoms with E-state index in [9.17, 15) is 4.79 Å². The summed E-state index contributed by atoms with van der Waals surface area (Å²) in [6.45, 7) is 0. The topological polar surface area (TPSA) is 22.0 Å². The first-order valence-corrected chi connectivity index (χ1v) is 7.79. The summed E-state index contributed by atoms with van der Waals surface area (Å²) in [7, 11) is 1.82. The molecule has 2 aromatic carbocycles. The molecule has 1 aromatic heterocycles. The van der Waals surface area contributed by atoms with Gasteiger partial charge < -0.3 is 4.57 Å². The van der Waals surface area contributed by atoms with E-state index in [-0.39, 0.29) is 4.87 Å². The van der Waals surface area contributed by atoms with Gasteiger partial charge in [0.05, 0.1) is 10.6 Å². The van der Waals surface area contributed by atoms with Crippen LogP contribution in [0.25, 0.3) is 21.7 Å². The van der Waals surface area contributed by atoms with Gasteiger partial charge in [0.15, 0.2) is 0 Å². The number of hydrogen-bond donors (Lipinski definition) is 0. The molecule has 0 saturated heterocycles. The van der Waals surface area contributed by atoms with E-state index in [4.69, 9.17) is 0 Å². The fourth-order valence-corrected chi connectivity index (χ4v) is 3.44. The molecule has 0 amide bonds. The lowest BCUT2D eigenvalue weighted by molar-refractivity contribution is 0.907. The van der Waals surface area contributed by atoms with E-state index in [1.165, 1.54) is 11.3 Å². The second-order valence-electron chi connectivity index (χ2n) is 4.48. The Morgan fingerprint density at radius 3 is 2.25 bits per heavy atom. The largest absolute Gasteiger partial charge is 0.307 e. The number of nitrogens with zero attached hydrogens (tertiary/aromatic N) is 1. The SMILES string of the molecule is Cn1c(-c2ccc(Br)cc2)c(-c2ccccc2)sc1=O. The highest BCUT2D eigenvalue weighted by molar-refractivity contribution is 9.10. The van der Waals surface area contributed by atoms with Gasteiger partial charge in [0.25, 0.3) is 0 Å². The maximum Gasteiger partial charge on any atom is 0.307 e. The van der Waals surface area contributed by atoms with Crippen LogP contribution in [-0.2, 0) is 7.05 Å². The van der Waals surface area contributed by atoms with Gasteiger partial charge in [-0.25, -0.2) is 0 Å². The zero-order chi connectivity index (χ0) is 14.1. The highest BCUT2D eigenvalue weighted by Crippen LogP contribution is 2.34. The molecule has 100 valence electrons. The minimum atomic E-state index is 0.0572. The second-order valence-corrected chi connectivity index (χ2v) is 6.35. The van der Waals surface area contributed by atoms with Crippen LogP contribution in [0, 0.1) is 0 Å². The van der Waals surface area contributed by atoms with Crippen LogP contribution in [-0.4, -0.2) is 4.57 Å². The first kappa shape index (κ1) is 13.3. The van der Waals surface area contributed by atoms with E-state index in [0.29, 0.717) is 0 Å². The molecule has 3 rings (SSSR count). The lowest BCUT2D eigenvalue weighted by Crippen LogP contribution is -2.08. The summed E-state index contributed by atoms with van der Waals surface area (Å²) in [6.07, 6.45) is 0. The number of halogens is 1. The lowest BCUT2D eigenvalue weighted by atomic mass is 10.1. The predicted octanol–water partition coefficient (Wildman–Crippen LogP) is 4.54. The van der Waals surface area contributed by atoms with Crippen molar-refractivity contribution in [2.24, 2.45) is 7.05 Å². The molecule has 0 aliphatic heterocycles. The normalized spacial score (nSPS) is 10.7. The minimum Gasteiger partial charge on any atom is -0.301 e. The molecule has 3 aromatic rings. The number of aromatic nitrogens is 1. The molecule has 0 saturated carbocycles. The van der Waals surface area contributed by atoms with Gasteiger partial charge in [0.2, 0.25) is 0 Å². The van der Waals surface area contributed by atoms with Crippen LogP contribution in [0.4, 0.5) is 0 Å². The Hall–Kier alpha value is -1.65. The summed E-state index contributed by atoms with van der Waals surface area (Å²) in [5.41, 5.74) is 3.10. The number of hydrogen-bond acceptors (Lipinski definition) is 2. The molecule has 0 N–H and O–H groups in total. The van der Waals surface area contributed by atoms with E-state index >= 15 is 0 Å². The number of thiazole rings is 1. The molecule has 0 spiro atoms. The van der Waals surface area contributed by atoms with E-state index in [1.54, 1.807) is 4.57 Å². The first-order valence-electron chi connectivity index (χ1n) is 6.18. The van der Waals surface area contributed by atoms with Crippen LogP contribution >= 0.6 is 27.3 Å². The van der Waals surface area contributed by atoms with Gasteiger partial charge in [-0.3, -0.25) is 4.79 Å². The molecule has 0 aliphatic rings. The lowest BCUT2D eigenvalue weighted by Gasteiger charge is -2.07. The van der Waals surface area contributed by atoms with E-state index < -0.39 is 0 Å². The highest BCUT2D eigenvalue weighted by Gasteiger charge is 2.15. The Labute approximate surface area is 129 Å². The van der Waals surface area contributed by atoms with Crippen LogP contribution in [0.5, 0.6) is 0 Å². The summed E-state index contributed by atoms with van der Waals surface area (Å²) in [6, 6.07) is 18.1. The predicted molar refractivity (Wildman–Crippen MR) is 88.1 cm³/mol. The molecule has 2 nitrogen and oxygen atoms in total. The molecule has 0 atom stereocenters. The van der Waals surface area contributed by atoms with Crippen LogP contribution in [0.2, 0.25) is 0 Å². The van der Waals surface area contributed by atoms with Crippen molar-refractivity contribution in [3.63, 3.8) is 0 Å². The van der Waals surface area contributed by atoms with E-state index in [1.807, 2.05) is 61.6 Å². The molecule has 0 fully saturated rings. The molecule has 0 aliphatic carbocycles. The first-order chi connectivity index (χ1) is 9.66. The average Bonchev–Trinajstić information content (AvgIpc) is 2.77. The van der Waals surface area contributed by atoms with Gasteiger partial charge in [-0.1, -0.05) is 69.7 Å². The number of rotatable bonds is 2. The van der Waals surface area contributed by atoms with Crippen LogP contribution in [0.1, 0.15) is 0 Å². The minimum absolute atomic E-state index is 0.0572. The molecular weight excluding hydrogens is 334 g/mol. The van der Waals surface area contributed by atoms with Crippen LogP contribution in [0.15, 0.2) is 63.9 Å². The summed E-state index contributed by atoms with van der Waals surface area (Å²) in [4.78, 5) is 13.1. The van der Waals surface area contributed by atoms with Crippen molar-refractivity contribution >= 4 is 27.3 Å². The Kier molecular flexibility index (Phi) is 3.59. The zero-order valence-corrected chi connectivity index (χ0v) is 13.2. The highest BCUT2D eigenvalue weighted by atomic mass is 79.9. The summed E-state index contributed by atoms with van der Waals surface area (Å²) in [5.74, 6) is 0. The van der Waals surface area contributed by atoms with Crippen molar-refractivity contribution in [3.05, 3.63) is 68.7 Å². The van der Waals surface area contributed by atoms with Crippen LogP contribution in [0.3, 0.4) is 0 Å². The fraction of sp³-hybridized carbons (Fsp3) is 0.0625. The maximum absolute atomic E-state index is 12.0. The van der Waals surface area contributed by atoms with Gasteiger partial charge >= 0.3 is 4.87 Å². The van der Waals surface area contributed by atoms with Crippen molar-refractivity contribution in [1.29, 1.82) is 0 Å². The zero-order valence-electron chi connectivity index (χ0n) is 10.8. The second kappa shape index (κ2) is 5.38. The third kappa shape index (κ3) is 2.37. The van der Waals surface area contributed by atoms with Crippen molar-refractivity contribution < 1.29 is 0 Å². The fourth-order valence-electron chi connectivity index (χ4n) is 2.17. The van der Waals surface area contributed by atoms with Gasteiger partial charge in [-0.2, -0.15) is 0 Å². The van der Waals surface area contributed by atoms with Crippen molar-refractivity contribution in [2.75, 3.05) is 0 Å². The molecule has 1 heterocycles. The molecule has 4 heteroatoms. The molecule has 20 heavy (non-hydrogen) atoms. The van der Waals surface area contributed by atoms with Gasteiger partial charge in [-0.15, -0.1) is 0 Å². The quantitative estimate of drug-likeness (QED) is 0.668. The molecule has 0 radical (unpaired) electrons. The van der Waals surface area contributed by atoms with Gasteiger partial charge in [0.1, 0.15) is 0 Å². The number of benzene rings is 2. The van der Waals surface area contributed by atoms with Crippen molar-refractivity contribution in [3.8, 4) is 21.7 Å². The van der Waals surface area contributed by atoms with Gasteiger partial charge in [-0.05, 0) is 23.3 Å². The third-order valence-electron chi connectivity index (χ3n) is 3.17. The third-order valence-corrected chi connectivity index (χ3v) is 4.78. The molecular formula is C16H12BrNOS. The van der Waals surface area contributed by atoms with Crippen molar-refractivity contribution in [1.82, 2.24) is 4.57 Å². The smallest absolute Gasteiger partial charge is 0.301 e. The monoisotopic (exact) mass is 345 g/mol. The Balaban J connectivity index is 2.25.